The zero-order valence-electron chi connectivity index (χ0n) is 9.66. The van der Waals surface area contributed by atoms with Crippen LogP contribution in [0.15, 0.2) is 24.3 Å². The Bertz CT molecular complexity index is 404. The van der Waals surface area contributed by atoms with Gasteiger partial charge in [-0.3, -0.25) is 4.79 Å². The van der Waals surface area contributed by atoms with Crippen molar-refractivity contribution >= 4 is 5.91 Å². The van der Waals surface area contributed by atoms with E-state index in [1.165, 1.54) is 6.07 Å². The van der Waals surface area contributed by atoms with Crippen molar-refractivity contribution in [2.75, 3.05) is 6.54 Å². The fraction of sp³-hybridized carbons (Fsp3) is 0.462. The van der Waals surface area contributed by atoms with Crippen LogP contribution in [0.3, 0.4) is 0 Å². The molecule has 0 spiro atoms. The summed E-state index contributed by atoms with van der Waals surface area (Å²) >= 11 is 0. The number of amides is 1. The molecule has 0 saturated heterocycles. The zero-order valence-corrected chi connectivity index (χ0v) is 9.66. The van der Waals surface area contributed by atoms with Crippen molar-refractivity contribution in [2.24, 2.45) is 11.7 Å². The second-order valence-corrected chi connectivity index (χ2v) is 4.57. The number of rotatable bonds is 5. The lowest BCUT2D eigenvalue weighted by Gasteiger charge is -2.11. The lowest BCUT2D eigenvalue weighted by molar-refractivity contribution is -0.120. The molecule has 3 nitrogen and oxygen atoms in total. The van der Waals surface area contributed by atoms with Crippen molar-refractivity contribution < 1.29 is 9.18 Å². The molecule has 0 aromatic heterocycles. The molecule has 0 heterocycles. The van der Waals surface area contributed by atoms with Crippen molar-refractivity contribution in [2.45, 2.75) is 25.3 Å². The maximum atomic E-state index is 13.3. The lowest BCUT2D eigenvalue weighted by Crippen LogP contribution is -2.39. The molecule has 2 rings (SSSR count). The Morgan fingerprint density at radius 3 is 2.82 bits per heavy atom. The Balaban J connectivity index is 1.78. The van der Waals surface area contributed by atoms with E-state index in [4.69, 9.17) is 5.73 Å². The molecular formula is C13H17FN2O. The molecule has 1 aliphatic carbocycles. The van der Waals surface area contributed by atoms with E-state index in [2.05, 4.69) is 5.32 Å². The SMILES string of the molecule is NC(CNC(=O)Cc1ccccc1F)C1CC1. The average Bonchev–Trinajstić information content (AvgIpc) is 3.13. The summed E-state index contributed by atoms with van der Waals surface area (Å²) in [5.74, 6) is 0.0455. The molecule has 1 fully saturated rings. The number of nitrogens with two attached hydrogens (primary N) is 1. The first kappa shape index (κ1) is 12.0. The first-order valence-corrected chi connectivity index (χ1v) is 5.92. The Morgan fingerprint density at radius 1 is 1.47 bits per heavy atom. The summed E-state index contributed by atoms with van der Waals surface area (Å²) in [6, 6.07) is 6.36. The second-order valence-electron chi connectivity index (χ2n) is 4.57. The smallest absolute Gasteiger partial charge is 0.224 e. The quantitative estimate of drug-likeness (QED) is 0.807. The lowest BCUT2D eigenvalue weighted by atomic mass is 10.1. The molecular weight excluding hydrogens is 219 g/mol. The fourth-order valence-corrected chi connectivity index (χ4v) is 1.80. The van der Waals surface area contributed by atoms with Crippen molar-refractivity contribution in [3.63, 3.8) is 0 Å². The van der Waals surface area contributed by atoms with Gasteiger partial charge in [0.15, 0.2) is 0 Å². The predicted molar refractivity (Wildman–Crippen MR) is 63.8 cm³/mol. The zero-order chi connectivity index (χ0) is 12.3. The van der Waals surface area contributed by atoms with E-state index in [1.807, 2.05) is 0 Å². The highest BCUT2D eigenvalue weighted by Gasteiger charge is 2.28. The van der Waals surface area contributed by atoms with Gasteiger partial charge in [0.1, 0.15) is 5.82 Å². The van der Waals surface area contributed by atoms with Crippen molar-refractivity contribution in [3.8, 4) is 0 Å². The number of hydrogen-bond acceptors (Lipinski definition) is 2. The monoisotopic (exact) mass is 236 g/mol. The van der Waals surface area contributed by atoms with E-state index < -0.39 is 0 Å². The minimum Gasteiger partial charge on any atom is -0.354 e. The number of hydrogen-bond donors (Lipinski definition) is 2. The van der Waals surface area contributed by atoms with Gasteiger partial charge in [-0.1, -0.05) is 18.2 Å². The number of carbonyl (C=O) groups excluding carboxylic acids is 1. The van der Waals surface area contributed by atoms with E-state index in [0.29, 0.717) is 18.0 Å². The van der Waals surface area contributed by atoms with Crippen LogP contribution in [-0.2, 0) is 11.2 Å². The number of benzene rings is 1. The molecule has 17 heavy (non-hydrogen) atoms. The highest BCUT2D eigenvalue weighted by atomic mass is 19.1. The van der Waals surface area contributed by atoms with E-state index in [-0.39, 0.29) is 24.2 Å². The molecule has 0 radical (unpaired) electrons. The Labute approximate surface area is 100 Å². The van der Waals surface area contributed by atoms with Gasteiger partial charge in [-0.15, -0.1) is 0 Å². The summed E-state index contributed by atoms with van der Waals surface area (Å²) in [5.41, 5.74) is 6.28. The summed E-state index contributed by atoms with van der Waals surface area (Å²) < 4.78 is 13.3. The Hall–Kier alpha value is -1.42. The molecule has 1 unspecified atom stereocenters. The van der Waals surface area contributed by atoms with Crippen LogP contribution in [0.1, 0.15) is 18.4 Å². The first-order chi connectivity index (χ1) is 8.16. The third kappa shape index (κ3) is 3.53. The highest BCUT2D eigenvalue weighted by Crippen LogP contribution is 2.31. The third-order valence-electron chi connectivity index (χ3n) is 3.07. The molecule has 0 aliphatic heterocycles. The highest BCUT2D eigenvalue weighted by molar-refractivity contribution is 5.78. The number of halogens is 1. The van der Waals surface area contributed by atoms with Gasteiger partial charge >= 0.3 is 0 Å². The van der Waals surface area contributed by atoms with Gasteiger partial charge in [0.25, 0.3) is 0 Å². The molecule has 1 aromatic rings. The minimum absolute atomic E-state index is 0.0413. The molecule has 92 valence electrons. The van der Waals surface area contributed by atoms with Crippen LogP contribution < -0.4 is 11.1 Å². The van der Waals surface area contributed by atoms with Gasteiger partial charge < -0.3 is 11.1 Å². The van der Waals surface area contributed by atoms with E-state index >= 15 is 0 Å². The van der Waals surface area contributed by atoms with Gasteiger partial charge in [-0.05, 0) is 30.4 Å². The van der Waals surface area contributed by atoms with Crippen molar-refractivity contribution in [1.82, 2.24) is 5.32 Å². The fourth-order valence-electron chi connectivity index (χ4n) is 1.80. The van der Waals surface area contributed by atoms with Gasteiger partial charge in [-0.25, -0.2) is 4.39 Å². The molecule has 1 aliphatic rings. The maximum Gasteiger partial charge on any atom is 0.224 e. The van der Waals surface area contributed by atoms with Crippen LogP contribution in [0, 0.1) is 11.7 Å². The van der Waals surface area contributed by atoms with Crippen LogP contribution in [0.25, 0.3) is 0 Å². The predicted octanol–water partition coefficient (Wildman–Crippen LogP) is 1.22. The Kier molecular flexibility index (Phi) is 3.74. The van der Waals surface area contributed by atoms with Crippen LogP contribution >= 0.6 is 0 Å². The summed E-state index contributed by atoms with van der Waals surface area (Å²) in [6.45, 7) is 0.484. The first-order valence-electron chi connectivity index (χ1n) is 5.92. The molecule has 0 bridgehead atoms. The van der Waals surface area contributed by atoms with Gasteiger partial charge in [-0.2, -0.15) is 0 Å². The summed E-state index contributed by atoms with van der Waals surface area (Å²) in [5, 5.41) is 2.75. The average molecular weight is 236 g/mol. The molecule has 1 aromatic carbocycles. The van der Waals surface area contributed by atoms with Crippen molar-refractivity contribution in [3.05, 3.63) is 35.6 Å². The normalized spacial score (nSPS) is 16.6. The van der Waals surface area contributed by atoms with E-state index in [9.17, 15) is 9.18 Å². The molecule has 3 N–H and O–H groups in total. The molecule has 4 heteroatoms. The Morgan fingerprint density at radius 2 is 2.18 bits per heavy atom. The van der Waals surface area contributed by atoms with Crippen molar-refractivity contribution in [1.29, 1.82) is 0 Å². The molecule has 1 saturated carbocycles. The van der Waals surface area contributed by atoms with E-state index in [1.54, 1.807) is 18.2 Å². The minimum atomic E-state index is -0.339. The standard InChI is InChI=1S/C13H17FN2O/c14-11-4-2-1-3-10(11)7-13(17)16-8-12(15)9-5-6-9/h1-4,9,12H,5-8,15H2,(H,16,17). The third-order valence-corrected chi connectivity index (χ3v) is 3.07. The van der Waals surface area contributed by atoms with Gasteiger partial charge in [0, 0.05) is 12.6 Å². The van der Waals surface area contributed by atoms with Gasteiger partial charge in [0.2, 0.25) is 5.91 Å². The molecule has 1 amide bonds. The number of carbonyl (C=O) groups is 1. The largest absolute Gasteiger partial charge is 0.354 e. The summed E-state index contributed by atoms with van der Waals surface area (Å²) in [6.07, 6.45) is 2.39. The van der Waals surface area contributed by atoms with Crippen LogP contribution in [-0.4, -0.2) is 18.5 Å². The summed E-state index contributed by atoms with van der Waals surface area (Å²) in [7, 11) is 0. The second kappa shape index (κ2) is 5.27. The van der Waals surface area contributed by atoms with Crippen LogP contribution in [0.2, 0.25) is 0 Å². The van der Waals surface area contributed by atoms with E-state index in [0.717, 1.165) is 12.8 Å². The topological polar surface area (TPSA) is 55.1 Å². The molecule has 1 atom stereocenters. The maximum absolute atomic E-state index is 13.3. The van der Waals surface area contributed by atoms with Crippen LogP contribution in [0.5, 0.6) is 0 Å². The number of nitrogens with one attached hydrogen (secondary N) is 1. The van der Waals surface area contributed by atoms with Gasteiger partial charge in [0.05, 0.1) is 6.42 Å². The van der Waals surface area contributed by atoms with Crippen LogP contribution in [0.4, 0.5) is 4.39 Å². The summed E-state index contributed by atoms with van der Waals surface area (Å²) in [4.78, 5) is 11.6.